The van der Waals surface area contributed by atoms with Gasteiger partial charge in [-0.1, -0.05) is 18.2 Å². The van der Waals surface area contributed by atoms with Crippen LogP contribution in [0, 0.1) is 0 Å². The zero-order valence-electron chi connectivity index (χ0n) is 24.1. The molecule has 43 heavy (non-hydrogen) atoms. The van der Waals surface area contributed by atoms with Crippen molar-refractivity contribution in [1.82, 2.24) is 4.98 Å². The number of urea groups is 1. The number of hydrogen-bond acceptors (Lipinski definition) is 8. The Morgan fingerprint density at radius 3 is 2.37 bits per heavy atom. The van der Waals surface area contributed by atoms with Crippen LogP contribution < -0.4 is 30.6 Å². The van der Waals surface area contributed by atoms with Gasteiger partial charge in [-0.25, -0.2) is 4.79 Å². The number of anilines is 2. The quantitative estimate of drug-likeness (QED) is 0.124. The fourth-order valence-electron chi connectivity index (χ4n) is 4.90. The first-order valence-corrected chi connectivity index (χ1v) is 14.4. The number of hydrogen-bond donors (Lipinski definition) is 3. The molecule has 0 bridgehead atoms. The van der Waals surface area contributed by atoms with Crippen molar-refractivity contribution < 1.29 is 28.5 Å². The number of nitrogens with one attached hydrogen (secondary N) is 2. The molecule has 4 N–H and O–H groups in total. The van der Waals surface area contributed by atoms with Crippen molar-refractivity contribution in [3.8, 4) is 23.0 Å². The number of carbonyl (C=O) groups is 2. The van der Waals surface area contributed by atoms with E-state index in [4.69, 9.17) is 24.7 Å². The summed E-state index contributed by atoms with van der Waals surface area (Å²) >= 11 is 0. The predicted octanol–water partition coefficient (Wildman–Crippen LogP) is 6.65. The molecule has 0 spiro atoms. The van der Waals surface area contributed by atoms with Crippen molar-refractivity contribution in [1.29, 1.82) is 0 Å². The highest BCUT2D eigenvalue weighted by Gasteiger charge is 2.23. The zero-order chi connectivity index (χ0) is 30.0. The van der Waals surface area contributed by atoms with E-state index in [-0.39, 0.29) is 18.1 Å². The number of amides is 2. The number of rotatable bonds is 12. The number of methoxy groups -OCH3 is 1. The molecule has 10 nitrogen and oxygen atoms in total. The van der Waals surface area contributed by atoms with Gasteiger partial charge in [0.2, 0.25) is 0 Å². The van der Waals surface area contributed by atoms with Crippen LogP contribution in [0.25, 0.3) is 10.9 Å². The van der Waals surface area contributed by atoms with Gasteiger partial charge in [-0.15, -0.1) is 0 Å². The van der Waals surface area contributed by atoms with Gasteiger partial charge in [0, 0.05) is 29.0 Å². The van der Waals surface area contributed by atoms with E-state index in [2.05, 4.69) is 15.6 Å². The van der Waals surface area contributed by atoms with Gasteiger partial charge < -0.3 is 35.3 Å². The molecule has 0 saturated heterocycles. The lowest BCUT2D eigenvalue weighted by molar-refractivity contribution is -0.150. The first-order valence-electron chi connectivity index (χ1n) is 14.4. The van der Waals surface area contributed by atoms with Crippen molar-refractivity contribution in [3.63, 3.8) is 0 Å². The first kappa shape index (κ1) is 29.7. The summed E-state index contributed by atoms with van der Waals surface area (Å²) in [4.78, 5) is 29.0. The van der Waals surface area contributed by atoms with Crippen LogP contribution in [-0.4, -0.2) is 42.8 Å². The Labute approximate surface area is 250 Å². The summed E-state index contributed by atoms with van der Waals surface area (Å²) in [7, 11) is 1.57. The molecule has 2 amide bonds. The number of para-hydroxylation sites is 1. The van der Waals surface area contributed by atoms with E-state index in [0.717, 1.165) is 31.1 Å². The summed E-state index contributed by atoms with van der Waals surface area (Å²) in [5.41, 5.74) is 8.03. The Hall–Kier alpha value is -4.83. The smallest absolute Gasteiger partial charge is 0.323 e. The molecule has 1 aromatic heterocycles. The van der Waals surface area contributed by atoms with E-state index >= 15 is 0 Å². The fraction of sp³-hybridized carbons (Fsp3) is 0.303. The van der Waals surface area contributed by atoms with Crippen molar-refractivity contribution in [2.45, 2.75) is 50.7 Å². The van der Waals surface area contributed by atoms with Crippen molar-refractivity contribution in [3.05, 3.63) is 79.0 Å². The normalized spacial score (nSPS) is 13.7. The van der Waals surface area contributed by atoms with Gasteiger partial charge in [0.15, 0.2) is 11.5 Å². The van der Waals surface area contributed by atoms with Gasteiger partial charge in [0.25, 0.3) is 0 Å². The van der Waals surface area contributed by atoms with Crippen LogP contribution in [0.4, 0.5) is 16.2 Å². The number of carbonyl (C=O) groups excluding carboxylic acids is 2. The average Bonchev–Trinajstić information content (AvgIpc) is 3.53. The van der Waals surface area contributed by atoms with E-state index in [1.807, 2.05) is 36.4 Å². The summed E-state index contributed by atoms with van der Waals surface area (Å²) in [5, 5.41) is 6.33. The summed E-state index contributed by atoms with van der Waals surface area (Å²) in [6.07, 6.45) is 6.74. The molecule has 1 heterocycles. The lowest BCUT2D eigenvalue weighted by Crippen LogP contribution is -2.34. The van der Waals surface area contributed by atoms with E-state index < -0.39 is 6.04 Å². The van der Waals surface area contributed by atoms with E-state index in [1.54, 1.807) is 49.7 Å². The third-order valence-corrected chi connectivity index (χ3v) is 7.16. The van der Waals surface area contributed by atoms with E-state index in [1.165, 1.54) is 0 Å². The van der Waals surface area contributed by atoms with Crippen LogP contribution in [0.15, 0.2) is 79.0 Å². The Morgan fingerprint density at radius 2 is 1.65 bits per heavy atom. The predicted molar refractivity (Wildman–Crippen MR) is 165 cm³/mol. The van der Waals surface area contributed by atoms with Gasteiger partial charge in [-0.2, -0.15) is 0 Å². The number of esters is 1. The largest absolute Gasteiger partial charge is 0.493 e. The molecule has 1 fully saturated rings. The zero-order valence-corrected chi connectivity index (χ0v) is 24.1. The topological polar surface area (TPSA) is 134 Å². The molecule has 4 aromatic rings. The van der Waals surface area contributed by atoms with Gasteiger partial charge in [0.1, 0.15) is 23.6 Å². The molecule has 10 heteroatoms. The van der Waals surface area contributed by atoms with Crippen LogP contribution in [0.2, 0.25) is 0 Å². The Kier molecular flexibility index (Phi) is 9.91. The van der Waals surface area contributed by atoms with Crippen molar-refractivity contribution >= 4 is 34.3 Å². The molecule has 0 radical (unpaired) electrons. The highest BCUT2D eigenvalue weighted by atomic mass is 16.5. The molecule has 0 unspecified atom stereocenters. The Balaban J connectivity index is 1.17. The third kappa shape index (κ3) is 8.14. The SMILES string of the molecule is COc1cc2c(Oc3ccc(NC(=O)Nc4ccccc4)cc3)ccnc2cc1OCCC[C@@H](N)C(=O)OC1CCCC1. The van der Waals surface area contributed by atoms with Gasteiger partial charge in [-0.05, 0) is 87.1 Å². The molecule has 224 valence electrons. The van der Waals surface area contributed by atoms with Gasteiger partial charge >= 0.3 is 12.0 Å². The van der Waals surface area contributed by atoms with Crippen LogP contribution >= 0.6 is 0 Å². The number of fused-ring (bicyclic) bond motifs is 1. The molecule has 1 saturated carbocycles. The van der Waals surface area contributed by atoms with E-state index in [9.17, 15) is 9.59 Å². The number of aromatic nitrogens is 1. The molecule has 1 aliphatic rings. The molecule has 5 rings (SSSR count). The summed E-state index contributed by atoms with van der Waals surface area (Å²) in [6, 6.07) is 20.7. The van der Waals surface area contributed by atoms with Crippen molar-refractivity contribution in [2.75, 3.05) is 24.4 Å². The average molecular weight is 585 g/mol. The second kappa shape index (κ2) is 14.4. The molecule has 3 aromatic carbocycles. The first-order chi connectivity index (χ1) is 21.0. The monoisotopic (exact) mass is 584 g/mol. The summed E-state index contributed by atoms with van der Waals surface area (Å²) in [6.45, 7) is 0.353. The standard InChI is InChI=1S/C33H36N4O6/c1-40-30-20-26-28(21-31(30)41-19-7-12-27(34)32(38)43-24-10-5-6-11-24)35-18-17-29(26)42-25-15-13-23(14-16-25)37-33(39)36-22-8-3-2-4-9-22/h2-4,8-9,13-18,20-21,24,27H,5-7,10-12,19,34H2,1H3,(H2,36,37,39)/t27-/m1/s1. The fourth-order valence-corrected chi connectivity index (χ4v) is 4.90. The number of pyridine rings is 1. The van der Waals surface area contributed by atoms with E-state index in [0.29, 0.717) is 59.3 Å². The molecular formula is C33H36N4O6. The number of benzene rings is 3. The number of nitrogens with two attached hydrogens (primary N) is 1. The molecule has 1 atom stereocenters. The lowest BCUT2D eigenvalue weighted by Gasteiger charge is -2.16. The van der Waals surface area contributed by atoms with Crippen LogP contribution in [-0.2, 0) is 9.53 Å². The maximum Gasteiger partial charge on any atom is 0.323 e. The highest BCUT2D eigenvalue weighted by molar-refractivity contribution is 5.99. The molecule has 0 aliphatic heterocycles. The third-order valence-electron chi connectivity index (χ3n) is 7.16. The lowest BCUT2D eigenvalue weighted by atomic mass is 10.1. The van der Waals surface area contributed by atoms with Crippen LogP contribution in [0.3, 0.4) is 0 Å². The van der Waals surface area contributed by atoms with Crippen molar-refractivity contribution in [2.24, 2.45) is 5.73 Å². The van der Waals surface area contributed by atoms with Gasteiger partial charge in [-0.3, -0.25) is 9.78 Å². The molecule has 1 aliphatic carbocycles. The molecular weight excluding hydrogens is 548 g/mol. The van der Waals surface area contributed by atoms with Crippen LogP contribution in [0.5, 0.6) is 23.0 Å². The highest BCUT2D eigenvalue weighted by Crippen LogP contribution is 2.37. The minimum atomic E-state index is -0.666. The summed E-state index contributed by atoms with van der Waals surface area (Å²) < 4.78 is 23.2. The van der Waals surface area contributed by atoms with Gasteiger partial charge in [0.05, 0.1) is 19.2 Å². The number of nitrogens with zero attached hydrogens (tertiary/aromatic N) is 1. The Morgan fingerprint density at radius 1 is 0.930 bits per heavy atom. The summed E-state index contributed by atoms with van der Waals surface area (Å²) in [5.74, 6) is 1.89. The van der Waals surface area contributed by atoms with Crippen LogP contribution in [0.1, 0.15) is 38.5 Å². The maximum absolute atomic E-state index is 12.3. The second-order valence-electron chi connectivity index (χ2n) is 10.3. The maximum atomic E-state index is 12.3. The minimum Gasteiger partial charge on any atom is -0.493 e. The Bertz CT molecular complexity index is 1520. The second-order valence-corrected chi connectivity index (χ2v) is 10.3. The minimum absolute atomic E-state index is 0.00721. The number of ether oxygens (including phenoxy) is 4.